The van der Waals surface area contributed by atoms with E-state index in [1.165, 1.54) is 0 Å². The van der Waals surface area contributed by atoms with Gasteiger partial charge in [-0.1, -0.05) is 25.5 Å². The van der Waals surface area contributed by atoms with E-state index >= 15 is 0 Å². The smallest absolute Gasteiger partial charge is 0.108 e. The Balaban J connectivity index is 2.99. The van der Waals surface area contributed by atoms with Crippen LogP contribution in [-0.2, 0) is 12.6 Å². The Morgan fingerprint density at radius 2 is 2.31 bits per heavy atom. The van der Waals surface area contributed by atoms with E-state index in [2.05, 4.69) is 17.2 Å². The van der Waals surface area contributed by atoms with Gasteiger partial charge in [0.05, 0.1) is 11.9 Å². The predicted octanol–water partition coefficient (Wildman–Crippen LogP) is 1.07. The van der Waals surface area contributed by atoms with Gasteiger partial charge in [-0.3, -0.25) is 0 Å². The van der Waals surface area contributed by atoms with E-state index in [0.717, 1.165) is 12.1 Å². The Hall–Kier alpha value is -0.900. The highest BCUT2D eigenvalue weighted by atomic mass is 16.3. The first-order valence-electron chi connectivity index (χ1n) is 4.57. The molecule has 0 bridgehead atoms. The lowest BCUT2D eigenvalue weighted by molar-refractivity contribution is -0.00739. The molecule has 0 radical (unpaired) electrons. The van der Waals surface area contributed by atoms with Crippen LogP contribution in [0.4, 0.5) is 0 Å². The lowest BCUT2D eigenvalue weighted by Crippen LogP contribution is -2.31. The summed E-state index contributed by atoms with van der Waals surface area (Å²) in [5.41, 5.74) is -0.0747. The maximum atomic E-state index is 10.2. The van der Waals surface area contributed by atoms with Crippen LogP contribution in [0.2, 0.25) is 0 Å². The summed E-state index contributed by atoms with van der Waals surface area (Å²) in [7, 11) is 1.79. The van der Waals surface area contributed by atoms with Crippen molar-refractivity contribution < 1.29 is 5.11 Å². The first-order valence-corrected chi connectivity index (χ1v) is 4.57. The number of rotatable bonds is 3. The van der Waals surface area contributed by atoms with E-state index in [1.54, 1.807) is 24.9 Å². The number of nitrogens with zero attached hydrogens (tertiary/aromatic N) is 3. The average Bonchev–Trinajstić information content (AvgIpc) is 2.50. The fraction of sp³-hybridized carbons (Fsp3) is 0.778. The summed E-state index contributed by atoms with van der Waals surface area (Å²) in [6.45, 7) is 5.88. The number of aryl methyl sites for hydroxylation is 1. The van der Waals surface area contributed by atoms with Gasteiger partial charge >= 0.3 is 0 Å². The van der Waals surface area contributed by atoms with Crippen molar-refractivity contribution in [3.8, 4) is 0 Å². The topological polar surface area (TPSA) is 50.9 Å². The van der Waals surface area contributed by atoms with Gasteiger partial charge in [0.15, 0.2) is 0 Å². The molecule has 1 aromatic heterocycles. The normalized spacial score (nSPS) is 18.2. The van der Waals surface area contributed by atoms with Crippen LogP contribution in [0.5, 0.6) is 0 Å². The molecule has 0 aliphatic heterocycles. The van der Waals surface area contributed by atoms with Gasteiger partial charge in [-0.05, 0) is 12.8 Å². The molecule has 0 saturated heterocycles. The molecule has 0 aliphatic rings. The first kappa shape index (κ1) is 10.2. The van der Waals surface area contributed by atoms with Gasteiger partial charge in [-0.15, -0.1) is 5.10 Å². The summed E-state index contributed by atoms with van der Waals surface area (Å²) in [5, 5.41) is 17.8. The van der Waals surface area contributed by atoms with E-state index < -0.39 is 5.60 Å². The molecule has 1 rings (SSSR count). The van der Waals surface area contributed by atoms with Gasteiger partial charge in [0.2, 0.25) is 0 Å². The van der Waals surface area contributed by atoms with E-state index in [9.17, 15) is 5.11 Å². The highest BCUT2D eigenvalue weighted by molar-refractivity contribution is 5.07. The van der Waals surface area contributed by atoms with Crippen molar-refractivity contribution in [1.82, 2.24) is 15.0 Å². The minimum Gasteiger partial charge on any atom is -0.384 e. The summed E-state index contributed by atoms with van der Waals surface area (Å²) in [6.07, 6.45) is 2.55. The standard InChI is InChI=1S/C9H17N3O/c1-5-7(2)9(3,13)8-6-10-11-12(8)4/h6-7,13H,5H2,1-4H3. The molecule has 4 nitrogen and oxygen atoms in total. The minimum absolute atomic E-state index is 0.199. The molecule has 0 aliphatic carbocycles. The molecule has 1 aromatic rings. The Morgan fingerprint density at radius 1 is 1.69 bits per heavy atom. The predicted molar refractivity (Wildman–Crippen MR) is 50.0 cm³/mol. The molecule has 13 heavy (non-hydrogen) atoms. The molecule has 2 unspecified atom stereocenters. The zero-order valence-corrected chi connectivity index (χ0v) is 8.65. The Kier molecular flexibility index (Phi) is 2.71. The fourth-order valence-electron chi connectivity index (χ4n) is 1.40. The van der Waals surface area contributed by atoms with Crippen LogP contribution in [0.3, 0.4) is 0 Å². The molecule has 0 spiro atoms. The Labute approximate surface area is 78.6 Å². The molecule has 1 N–H and O–H groups in total. The van der Waals surface area contributed by atoms with Crippen molar-refractivity contribution in [3.63, 3.8) is 0 Å². The summed E-state index contributed by atoms with van der Waals surface area (Å²) >= 11 is 0. The van der Waals surface area contributed by atoms with Gasteiger partial charge in [0.25, 0.3) is 0 Å². The first-order chi connectivity index (χ1) is 6.00. The van der Waals surface area contributed by atoms with Crippen molar-refractivity contribution in [2.45, 2.75) is 32.8 Å². The Morgan fingerprint density at radius 3 is 2.69 bits per heavy atom. The molecule has 0 aromatic carbocycles. The number of aliphatic hydroxyl groups is 1. The van der Waals surface area contributed by atoms with Crippen LogP contribution in [0.15, 0.2) is 6.20 Å². The lowest BCUT2D eigenvalue weighted by Gasteiger charge is -2.28. The summed E-state index contributed by atoms with van der Waals surface area (Å²) in [4.78, 5) is 0. The largest absolute Gasteiger partial charge is 0.384 e. The third-order valence-electron chi connectivity index (χ3n) is 2.80. The van der Waals surface area contributed by atoms with E-state index in [1.807, 2.05) is 6.92 Å². The number of hydrogen-bond acceptors (Lipinski definition) is 3. The maximum absolute atomic E-state index is 10.2. The Bertz CT molecular complexity index is 280. The number of aromatic nitrogens is 3. The third-order valence-corrected chi connectivity index (χ3v) is 2.80. The van der Waals surface area contributed by atoms with E-state index in [0.29, 0.717) is 0 Å². The summed E-state index contributed by atoms with van der Waals surface area (Å²) in [6, 6.07) is 0. The number of hydrogen-bond donors (Lipinski definition) is 1. The van der Waals surface area contributed by atoms with Crippen molar-refractivity contribution in [3.05, 3.63) is 11.9 Å². The van der Waals surface area contributed by atoms with Gasteiger partial charge in [-0.2, -0.15) is 0 Å². The molecule has 74 valence electrons. The van der Waals surface area contributed by atoms with Crippen LogP contribution < -0.4 is 0 Å². The molecular weight excluding hydrogens is 166 g/mol. The highest BCUT2D eigenvalue weighted by Gasteiger charge is 2.32. The second kappa shape index (κ2) is 3.46. The molecule has 0 saturated carbocycles. The zero-order chi connectivity index (χ0) is 10.1. The molecule has 0 fully saturated rings. The summed E-state index contributed by atoms with van der Waals surface area (Å²) in [5.74, 6) is 0.199. The summed E-state index contributed by atoms with van der Waals surface area (Å²) < 4.78 is 1.62. The molecule has 4 heteroatoms. The minimum atomic E-state index is -0.840. The average molecular weight is 183 g/mol. The lowest BCUT2D eigenvalue weighted by atomic mass is 9.86. The van der Waals surface area contributed by atoms with Crippen molar-refractivity contribution in [1.29, 1.82) is 0 Å². The zero-order valence-electron chi connectivity index (χ0n) is 8.65. The van der Waals surface area contributed by atoms with Crippen molar-refractivity contribution in [2.75, 3.05) is 0 Å². The van der Waals surface area contributed by atoms with Gasteiger partial charge < -0.3 is 5.11 Å². The molecular formula is C9H17N3O. The fourth-order valence-corrected chi connectivity index (χ4v) is 1.40. The van der Waals surface area contributed by atoms with Crippen LogP contribution in [0, 0.1) is 5.92 Å². The van der Waals surface area contributed by atoms with Crippen molar-refractivity contribution in [2.24, 2.45) is 13.0 Å². The molecule has 2 atom stereocenters. The quantitative estimate of drug-likeness (QED) is 0.762. The second-order valence-electron chi connectivity index (χ2n) is 3.70. The van der Waals surface area contributed by atoms with Crippen molar-refractivity contribution >= 4 is 0 Å². The monoisotopic (exact) mass is 183 g/mol. The second-order valence-corrected chi connectivity index (χ2v) is 3.70. The third kappa shape index (κ3) is 1.72. The highest BCUT2D eigenvalue weighted by Crippen LogP contribution is 2.29. The van der Waals surface area contributed by atoms with E-state index in [-0.39, 0.29) is 5.92 Å². The molecule has 0 amide bonds. The maximum Gasteiger partial charge on any atom is 0.108 e. The van der Waals surface area contributed by atoms with Crippen LogP contribution >= 0.6 is 0 Å². The van der Waals surface area contributed by atoms with Gasteiger partial charge in [0.1, 0.15) is 5.60 Å². The SMILES string of the molecule is CCC(C)C(C)(O)c1cnnn1C. The van der Waals surface area contributed by atoms with Crippen LogP contribution in [0.1, 0.15) is 32.9 Å². The van der Waals surface area contributed by atoms with E-state index in [4.69, 9.17) is 0 Å². The van der Waals surface area contributed by atoms with Crippen LogP contribution in [-0.4, -0.2) is 20.1 Å². The van der Waals surface area contributed by atoms with Gasteiger partial charge in [0, 0.05) is 7.05 Å². The van der Waals surface area contributed by atoms with Gasteiger partial charge in [-0.25, -0.2) is 4.68 Å². The molecule has 1 heterocycles. The van der Waals surface area contributed by atoms with Crippen LogP contribution in [0.25, 0.3) is 0 Å².